The molecule has 0 spiro atoms. The maximum Gasteiger partial charge on any atom is 0.228 e. The fourth-order valence-corrected chi connectivity index (χ4v) is 1.67. The number of hydrogen-bond acceptors (Lipinski definition) is 3. The fraction of sp³-hybridized carbons (Fsp3) is 0.889. The van der Waals surface area contributed by atoms with Crippen LogP contribution in [0.2, 0.25) is 0 Å². The van der Waals surface area contributed by atoms with Crippen molar-refractivity contribution in [2.45, 2.75) is 13.3 Å². The van der Waals surface area contributed by atoms with Gasteiger partial charge in [0, 0.05) is 30.5 Å². The van der Waals surface area contributed by atoms with Crippen LogP contribution in [0.5, 0.6) is 0 Å². The van der Waals surface area contributed by atoms with Gasteiger partial charge in [-0.25, -0.2) is 0 Å². The third-order valence-electron chi connectivity index (χ3n) is 2.47. The molecule has 0 saturated carbocycles. The maximum absolute atomic E-state index is 11.4. The zero-order valence-electron chi connectivity index (χ0n) is 8.93. The standard InChI is InChI=1S/C9H16N4O2/c1-2-15-7-8-3-4-13(6-8)9(14)5-11-12-10/h8H,2-7H2,1H3. The number of carbonyl (C=O) groups excluding carboxylic acids is 1. The predicted molar refractivity (Wildman–Crippen MR) is 55.2 cm³/mol. The lowest BCUT2D eigenvalue weighted by molar-refractivity contribution is -0.128. The first-order valence-corrected chi connectivity index (χ1v) is 5.14. The minimum atomic E-state index is -0.0909. The topological polar surface area (TPSA) is 78.3 Å². The van der Waals surface area contributed by atoms with Crippen LogP contribution in [0.4, 0.5) is 0 Å². The average Bonchev–Trinajstić information content (AvgIpc) is 2.71. The van der Waals surface area contributed by atoms with Gasteiger partial charge in [-0.1, -0.05) is 5.11 Å². The molecule has 1 fully saturated rings. The van der Waals surface area contributed by atoms with E-state index in [9.17, 15) is 4.79 Å². The first-order chi connectivity index (χ1) is 7.27. The molecule has 0 radical (unpaired) electrons. The van der Waals surface area contributed by atoms with Gasteiger partial charge in [0.15, 0.2) is 0 Å². The van der Waals surface area contributed by atoms with E-state index in [2.05, 4.69) is 10.0 Å². The van der Waals surface area contributed by atoms with E-state index in [1.807, 2.05) is 6.92 Å². The summed E-state index contributed by atoms with van der Waals surface area (Å²) in [4.78, 5) is 15.7. The number of amides is 1. The average molecular weight is 212 g/mol. The van der Waals surface area contributed by atoms with Crippen LogP contribution in [0, 0.1) is 5.92 Å². The van der Waals surface area contributed by atoms with Crippen molar-refractivity contribution in [1.29, 1.82) is 0 Å². The molecular formula is C9H16N4O2. The molecule has 0 aromatic rings. The Morgan fingerprint density at radius 3 is 3.20 bits per heavy atom. The highest BCUT2D eigenvalue weighted by Gasteiger charge is 2.25. The number of nitrogens with zero attached hydrogens (tertiary/aromatic N) is 4. The molecular weight excluding hydrogens is 196 g/mol. The van der Waals surface area contributed by atoms with Crippen molar-refractivity contribution in [3.8, 4) is 0 Å². The molecule has 0 aromatic heterocycles. The molecule has 0 aromatic carbocycles. The van der Waals surface area contributed by atoms with Crippen molar-refractivity contribution >= 4 is 5.91 Å². The normalized spacial score (nSPS) is 20.1. The summed E-state index contributed by atoms with van der Waals surface area (Å²) in [5.74, 6) is 0.340. The highest BCUT2D eigenvalue weighted by molar-refractivity contribution is 5.78. The van der Waals surface area contributed by atoms with Gasteiger partial charge in [-0.05, 0) is 18.9 Å². The Bertz CT molecular complexity index is 263. The molecule has 1 aliphatic heterocycles. The SMILES string of the molecule is CCOCC1CCN(C(=O)CN=[N+]=[N-])C1. The summed E-state index contributed by atoms with van der Waals surface area (Å²) in [5.41, 5.74) is 8.09. The van der Waals surface area contributed by atoms with E-state index < -0.39 is 0 Å². The monoisotopic (exact) mass is 212 g/mol. The van der Waals surface area contributed by atoms with Gasteiger partial charge in [0.05, 0.1) is 6.61 Å². The molecule has 1 atom stereocenters. The first-order valence-electron chi connectivity index (χ1n) is 5.14. The van der Waals surface area contributed by atoms with Crippen molar-refractivity contribution in [1.82, 2.24) is 4.90 Å². The Balaban J connectivity index is 2.28. The Labute approximate surface area is 88.8 Å². The molecule has 1 amide bonds. The van der Waals surface area contributed by atoms with Gasteiger partial charge in [0.2, 0.25) is 5.91 Å². The zero-order chi connectivity index (χ0) is 11.1. The Morgan fingerprint density at radius 1 is 1.73 bits per heavy atom. The van der Waals surface area contributed by atoms with Crippen LogP contribution >= 0.6 is 0 Å². The lowest BCUT2D eigenvalue weighted by Crippen LogP contribution is -2.30. The van der Waals surface area contributed by atoms with Gasteiger partial charge in [-0.3, -0.25) is 4.79 Å². The van der Waals surface area contributed by atoms with Crippen molar-refractivity contribution in [3.63, 3.8) is 0 Å². The van der Waals surface area contributed by atoms with Gasteiger partial charge in [-0.2, -0.15) is 0 Å². The molecule has 6 nitrogen and oxygen atoms in total. The van der Waals surface area contributed by atoms with Crippen LogP contribution in [-0.2, 0) is 9.53 Å². The lowest BCUT2D eigenvalue weighted by atomic mass is 10.1. The van der Waals surface area contributed by atoms with E-state index in [1.165, 1.54) is 0 Å². The van der Waals surface area contributed by atoms with E-state index in [-0.39, 0.29) is 12.5 Å². The fourth-order valence-electron chi connectivity index (χ4n) is 1.67. The van der Waals surface area contributed by atoms with Crippen molar-refractivity contribution in [3.05, 3.63) is 10.4 Å². The first kappa shape index (κ1) is 11.8. The Morgan fingerprint density at radius 2 is 2.53 bits per heavy atom. The van der Waals surface area contributed by atoms with Crippen LogP contribution in [0.25, 0.3) is 10.4 Å². The summed E-state index contributed by atoms with van der Waals surface area (Å²) in [6.07, 6.45) is 0.974. The van der Waals surface area contributed by atoms with E-state index >= 15 is 0 Å². The highest BCUT2D eigenvalue weighted by Crippen LogP contribution is 2.16. The molecule has 15 heavy (non-hydrogen) atoms. The molecule has 0 bridgehead atoms. The summed E-state index contributed by atoms with van der Waals surface area (Å²) in [6, 6.07) is 0. The van der Waals surface area contributed by atoms with Crippen LogP contribution in [-0.4, -0.2) is 43.7 Å². The van der Waals surface area contributed by atoms with Gasteiger partial charge >= 0.3 is 0 Å². The quantitative estimate of drug-likeness (QED) is 0.389. The van der Waals surface area contributed by atoms with Crippen LogP contribution in [0.3, 0.4) is 0 Å². The summed E-state index contributed by atoms with van der Waals surface area (Å²) in [7, 11) is 0. The summed E-state index contributed by atoms with van der Waals surface area (Å²) in [5, 5.41) is 3.26. The molecule has 1 saturated heterocycles. The predicted octanol–water partition coefficient (Wildman–Crippen LogP) is 1.18. The van der Waals surface area contributed by atoms with Gasteiger partial charge in [0.1, 0.15) is 6.54 Å². The minimum absolute atomic E-state index is 0.0716. The second-order valence-electron chi connectivity index (χ2n) is 3.54. The molecule has 1 aliphatic rings. The molecule has 1 heterocycles. The molecule has 1 rings (SSSR count). The number of azide groups is 1. The molecule has 0 aliphatic carbocycles. The Hall–Kier alpha value is -1.26. The third kappa shape index (κ3) is 3.77. The summed E-state index contributed by atoms with van der Waals surface area (Å²) < 4.78 is 5.31. The Kier molecular flexibility index (Phi) is 4.93. The van der Waals surface area contributed by atoms with Crippen LogP contribution in [0.1, 0.15) is 13.3 Å². The minimum Gasteiger partial charge on any atom is -0.381 e. The lowest BCUT2D eigenvalue weighted by Gasteiger charge is -2.15. The van der Waals surface area contributed by atoms with Gasteiger partial charge < -0.3 is 9.64 Å². The van der Waals surface area contributed by atoms with Crippen LogP contribution < -0.4 is 0 Å². The molecule has 1 unspecified atom stereocenters. The second-order valence-corrected chi connectivity index (χ2v) is 3.54. The summed E-state index contributed by atoms with van der Waals surface area (Å²) in [6.45, 7) is 4.78. The highest BCUT2D eigenvalue weighted by atomic mass is 16.5. The van der Waals surface area contributed by atoms with Gasteiger partial charge in [-0.15, -0.1) is 0 Å². The van der Waals surface area contributed by atoms with Gasteiger partial charge in [0.25, 0.3) is 0 Å². The third-order valence-corrected chi connectivity index (χ3v) is 2.47. The number of ether oxygens (including phenoxy) is 1. The number of likely N-dealkylation sites (tertiary alicyclic amines) is 1. The van der Waals surface area contributed by atoms with Crippen molar-refractivity contribution in [2.75, 3.05) is 32.8 Å². The van der Waals surface area contributed by atoms with E-state index in [4.69, 9.17) is 10.3 Å². The zero-order valence-corrected chi connectivity index (χ0v) is 8.93. The molecule has 84 valence electrons. The van der Waals surface area contributed by atoms with Crippen molar-refractivity contribution < 1.29 is 9.53 Å². The van der Waals surface area contributed by atoms with E-state index in [1.54, 1.807) is 4.90 Å². The number of hydrogen-bond donors (Lipinski definition) is 0. The van der Waals surface area contributed by atoms with E-state index in [0.29, 0.717) is 19.1 Å². The van der Waals surface area contributed by atoms with E-state index in [0.717, 1.165) is 19.5 Å². The summed E-state index contributed by atoms with van der Waals surface area (Å²) >= 11 is 0. The second kappa shape index (κ2) is 6.27. The van der Waals surface area contributed by atoms with Crippen molar-refractivity contribution in [2.24, 2.45) is 11.0 Å². The number of rotatable bonds is 5. The maximum atomic E-state index is 11.4. The molecule has 0 N–H and O–H groups in total. The smallest absolute Gasteiger partial charge is 0.228 e. The molecule has 6 heteroatoms. The number of carbonyl (C=O) groups is 1. The van der Waals surface area contributed by atoms with Crippen LogP contribution in [0.15, 0.2) is 5.11 Å². The largest absolute Gasteiger partial charge is 0.381 e.